The molecule has 4 aromatic rings. The summed E-state index contributed by atoms with van der Waals surface area (Å²) in [5, 5.41) is 31.9. The molecule has 4 amide bonds. The van der Waals surface area contributed by atoms with E-state index in [9.17, 15) is 34.2 Å². The molecule has 2 heterocycles. The number of halogens is 1. The first-order valence-corrected chi connectivity index (χ1v) is 17.6. The fourth-order valence-electron chi connectivity index (χ4n) is 5.53. The number of ether oxygens (including phenoxy) is 1. The van der Waals surface area contributed by atoms with Gasteiger partial charge in [-0.1, -0.05) is 23.7 Å². The van der Waals surface area contributed by atoms with Crippen molar-refractivity contribution in [2.75, 3.05) is 6.54 Å². The molecule has 0 saturated heterocycles. The maximum Gasteiger partial charge on any atom is 0.407 e. The van der Waals surface area contributed by atoms with Crippen LogP contribution in [0, 0.1) is 0 Å². The fraction of sp³-hybridized carbons (Fsp3) is 0.368. The maximum absolute atomic E-state index is 14.0. The molecule has 0 aliphatic rings. The molecule has 4 rings (SSSR count). The fourth-order valence-corrected chi connectivity index (χ4v) is 5.65. The number of aromatic hydroxyl groups is 1. The lowest BCUT2D eigenvalue weighted by Gasteiger charge is -2.25. The molecule has 14 nitrogen and oxygen atoms in total. The van der Waals surface area contributed by atoms with Crippen LogP contribution < -0.4 is 21.3 Å². The van der Waals surface area contributed by atoms with Crippen LogP contribution in [0.1, 0.15) is 56.7 Å². The number of aromatic amines is 1. The number of amides is 4. The van der Waals surface area contributed by atoms with E-state index in [1.807, 2.05) is 0 Å². The van der Waals surface area contributed by atoms with Crippen molar-refractivity contribution in [3.63, 3.8) is 0 Å². The number of carboxylic acids is 1. The standard InChI is InChI=1S/C38H45ClN6O8/c1-38(2,3)53-37(52)41-16-4-5-33(47)43-30(12-8-25-22-42-29-13-11-27(46)21-28(25)29)34(48)44-31(19-23-6-9-26(39)10-7-23)35(49)45-32(36(50)51)20-24-14-17-40-18-15-24/h6-7,9-11,13-15,17-18,21-22,30-32,42,46H,4-5,8,12,16,19-20H2,1-3H3,(H,41,52)(H,43,47)(H,44,48)(H,45,49)(H,50,51)/t30-,31-,32?/m0/s1. The zero-order valence-electron chi connectivity index (χ0n) is 29.8. The van der Waals surface area contributed by atoms with E-state index in [-0.39, 0.29) is 44.4 Å². The van der Waals surface area contributed by atoms with Crippen LogP contribution in [0.2, 0.25) is 5.02 Å². The molecule has 0 aliphatic carbocycles. The van der Waals surface area contributed by atoms with Crippen LogP contribution in [0.4, 0.5) is 4.79 Å². The topological polar surface area (TPSA) is 212 Å². The van der Waals surface area contributed by atoms with Gasteiger partial charge < -0.3 is 41.2 Å². The average Bonchev–Trinajstić information content (AvgIpc) is 3.50. The molecule has 0 bridgehead atoms. The summed E-state index contributed by atoms with van der Waals surface area (Å²) in [6, 6.07) is 11.2. The number of nitrogens with zero attached hydrogens (tertiary/aromatic N) is 1. The molecular formula is C38H45ClN6O8. The summed E-state index contributed by atoms with van der Waals surface area (Å²) in [6.07, 6.45) is 4.82. The van der Waals surface area contributed by atoms with Gasteiger partial charge >= 0.3 is 12.1 Å². The second kappa shape index (κ2) is 18.7. The van der Waals surface area contributed by atoms with E-state index >= 15 is 0 Å². The number of aromatic nitrogens is 2. The number of carbonyl (C=O) groups excluding carboxylic acids is 4. The molecule has 0 saturated carbocycles. The smallest absolute Gasteiger partial charge is 0.407 e. The Hall–Kier alpha value is -5.63. The average molecular weight is 749 g/mol. The number of phenolic OH excluding ortho intramolecular Hbond substituents is 1. The lowest BCUT2D eigenvalue weighted by Crippen LogP contribution is -2.56. The predicted octanol–water partition coefficient (Wildman–Crippen LogP) is 4.18. The van der Waals surface area contributed by atoms with Gasteiger partial charge in [0.1, 0.15) is 29.5 Å². The number of H-pyrrole nitrogens is 1. The van der Waals surface area contributed by atoms with Gasteiger partial charge in [-0.2, -0.15) is 0 Å². The van der Waals surface area contributed by atoms with Crippen LogP contribution >= 0.6 is 11.6 Å². The Morgan fingerprint density at radius 3 is 2.19 bits per heavy atom. The molecule has 3 atom stereocenters. The number of carbonyl (C=O) groups is 5. The molecule has 15 heteroatoms. The van der Waals surface area contributed by atoms with Crippen molar-refractivity contribution in [1.82, 2.24) is 31.2 Å². The number of hydrogen-bond acceptors (Lipinski definition) is 8. The van der Waals surface area contributed by atoms with Crippen LogP contribution in [0.5, 0.6) is 5.75 Å². The second-order valence-electron chi connectivity index (χ2n) is 13.6. The van der Waals surface area contributed by atoms with Crippen molar-refractivity contribution in [3.05, 3.63) is 94.9 Å². The van der Waals surface area contributed by atoms with Gasteiger partial charge in [-0.05, 0) is 99.2 Å². The Bertz CT molecular complexity index is 1880. The van der Waals surface area contributed by atoms with E-state index in [2.05, 4.69) is 31.2 Å². The third-order valence-electron chi connectivity index (χ3n) is 8.14. The van der Waals surface area contributed by atoms with Gasteiger partial charge in [0.05, 0.1) is 0 Å². The third kappa shape index (κ3) is 13.1. The molecule has 53 heavy (non-hydrogen) atoms. The lowest BCUT2D eigenvalue weighted by molar-refractivity contribution is -0.142. The Kier molecular flexibility index (Phi) is 14.2. The largest absolute Gasteiger partial charge is 0.508 e. The van der Waals surface area contributed by atoms with Crippen molar-refractivity contribution < 1.29 is 38.9 Å². The summed E-state index contributed by atoms with van der Waals surface area (Å²) >= 11 is 6.07. The quantitative estimate of drug-likeness (QED) is 0.0771. The SMILES string of the molecule is CC(C)(C)OC(=O)NCCCC(=O)N[C@@H](CCc1c[nH]c2ccc(O)cc12)C(=O)N[C@@H](Cc1ccc(Cl)cc1)C(=O)NC(Cc1ccncc1)C(=O)O. The van der Waals surface area contributed by atoms with Crippen molar-refractivity contribution >= 4 is 52.3 Å². The van der Waals surface area contributed by atoms with Crippen LogP contribution in [-0.2, 0) is 43.2 Å². The first-order chi connectivity index (χ1) is 25.2. The highest BCUT2D eigenvalue weighted by Gasteiger charge is 2.30. The minimum atomic E-state index is -1.31. The number of alkyl carbamates (subject to hydrolysis) is 1. The van der Waals surface area contributed by atoms with Gasteiger partial charge in [-0.15, -0.1) is 0 Å². The highest BCUT2D eigenvalue weighted by atomic mass is 35.5. The summed E-state index contributed by atoms with van der Waals surface area (Å²) in [5.74, 6) is -3.05. The lowest BCUT2D eigenvalue weighted by atomic mass is 10.0. The van der Waals surface area contributed by atoms with Crippen LogP contribution in [0.3, 0.4) is 0 Å². The van der Waals surface area contributed by atoms with Crippen molar-refractivity contribution in [1.29, 1.82) is 0 Å². The Morgan fingerprint density at radius 1 is 0.868 bits per heavy atom. The molecule has 2 aromatic heterocycles. The van der Waals surface area contributed by atoms with Gasteiger partial charge in [0.15, 0.2) is 0 Å². The molecule has 0 spiro atoms. The highest BCUT2D eigenvalue weighted by molar-refractivity contribution is 6.30. The summed E-state index contributed by atoms with van der Waals surface area (Å²) in [5.41, 5.74) is 2.18. The Morgan fingerprint density at radius 2 is 1.51 bits per heavy atom. The van der Waals surface area contributed by atoms with Crippen LogP contribution in [-0.4, -0.2) is 80.2 Å². The van der Waals surface area contributed by atoms with Gasteiger partial charge in [0, 0.05) is 60.3 Å². The van der Waals surface area contributed by atoms with E-state index < -0.39 is 53.5 Å². The number of pyridine rings is 1. The first kappa shape index (κ1) is 40.1. The predicted molar refractivity (Wildman–Crippen MR) is 198 cm³/mol. The number of hydrogen-bond donors (Lipinski definition) is 7. The monoisotopic (exact) mass is 748 g/mol. The van der Waals surface area contributed by atoms with E-state index in [0.717, 1.165) is 16.5 Å². The first-order valence-electron chi connectivity index (χ1n) is 17.2. The zero-order chi connectivity index (χ0) is 38.5. The van der Waals surface area contributed by atoms with Gasteiger partial charge in [0.2, 0.25) is 17.7 Å². The molecule has 2 aromatic carbocycles. The summed E-state index contributed by atoms with van der Waals surface area (Å²) in [7, 11) is 0. The van der Waals surface area contributed by atoms with E-state index in [0.29, 0.717) is 22.6 Å². The number of fused-ring (bicyclic) bond motifs is 1. The minimum absolute atomic E-state index is 0.00490. The van der Waals surface area contributed by atoms with Gasteiger partial charge in [-0.25, -0.2) is 9.59 Å². The zero-order valence-corrected chi connectivity index (χ0v) is 30.5. The van der Waals surface area contributed by atoms with Crippen molar-refractivity contribution in [2.24, 2.45) is 0 Å². The summed E-state index contributed by atoms with van der Waals surface area (Å²) in [6.45, 7) is 5.37. The molecule has 0 aliphatic heterocycles. The van der Waals surface area contributed by atoms with Crippen LogP contribution in [0.15, 0.2) is 73.2 Å². The number of aryl methyl sites for hydroxylation is 1. The Balaban J connectivity index is 1.52. The number of nitrogens with one attached hydrogen (secondary N) is 5. The molecule has 7 N–H and O–H groups in total. The number of rotatable bonds is 17. The Labute approximate surface area is 312 Å². The maximum atomic E-state index is 14.0. The highest BCUT2D eigenvalue weighted by Crippen LogP contribution is 2.24. The number of aliphatic carboxylic acids is 1. The van der Waals surface area contributed by atoms with E-state index in [1.54, 1.807) is 81.6 Å². The second-order valence-corrected chi connectivity index (χ2v) is 14.0. The summed E-state index contributed by atoms with van der Waals surface area (Å²) < 4.78 is 5.22. The molecule has 0 radical (unpaired) electrons. The van der Waals surface area contributed by atoms with E-state index in [4.69, 9.17) is 16.3 Å². The summed E-state index contributed by atoms with van der Waals surface area (Å²) in [4.78, 5) is 72.2. The minimum Gasteiger partial charge on any atom is -0.508 e. The van der Waals surface area contributed by atoms with Crippen molar-refractivity contribution in [3.8, 4) is 5.75 Å². The van der Waals surface area contributed by atoms with Gasteiger partial charge in [-0.3, -0.25) is 19.4 Å². The molecule has 0 fully saturated rings. The van der Waals surface area contributed by atoms with E-state index in [1.165, 1.54) is 12.4 Å². The molecule has 282 valence electrons. The third-order valence-corrected chi connectivity index (χ3v) is 8.40. The normalized spacial score (nSPS) is 13.0. The number of carboxylic acid groups (broad SMARTS) is 1. The number of benzene rings is 2. The van der Waals surface area contributed by atoms with Crippen LogP contribution in [0.25, 0.3) is 10.9 Å². The molecule has 1 unspecified atom stereocenters. The molecular weight excluding hydrogens is 704 g/mol. The number of phenols is 1. The van der Waals surface area contributed by atoms with Gasteiger partial charge in [0.25, 0.3) is 0 Å². The van der Waals surface area contributed by atoms with Crippen molar-refractivity contribution in [2.45, 2.75) is 83.0 Å².